The van der Waals surface area contributed by atoms with Crippen LogP contribution in [-0.4, -0.2) is 28.8 Å². The number of benzene rings is 3. The molecule has 1 aliphatic rings. The number of fused-ring (bicyclic) bond motifs is 2. The normalized spacial score (nSPS) is 13.7. The van der Waals surface area contributed by atoms with Crippen molar-refractivity contribution >= 4 is 33.8 Å². The molecule has 0 spiro atoms. The summed E-state index contributed by atoms with van der Waals surface area (Å²) in [5, 5.41) is 7.49. The molecule has 0 bridgehead atoms. The highest BCUT2D eigenvalue weighted by Gasteiger charge is 2.47. The maximum absolute atomic E-state index is 13.6. The lowest BCUT2D eigenvalue weighted by molar-refractivity contribution is 0.0928. The van der Waals surface area contributed by atoms with Crippen molar-refractivity contribution in [2.45, 2.75) is 25.3 Å². The summed E-state index contributed by atoms with van der Waals surface area (Å²) in [6, 6.07) is 24.9. The van der Waals surface area contributed by atoms with E-state index in [0.717, 1.165) is 40.6 Å². The van der Waals surface area contributed by atoms with Gasteiger partial charge < -0.3 is 15.1 Å². The molecule has 3 heterocycles. The number of hydrogen-bond acceptors (Lipinski definition) is 5. The van der Waals surface area contributed by atoms with Gasteiger partial charge in [0.1, 0.15) is 17.2 Å². The number of aryl methyl sites for hydroxylation is 1. The van der Waals surface area contributed by atoms with Gasteiger partial charge in [0.2, 0.25) is 0 Å². The van der Waals surface area contributed by atoms with E-state index in [1.54, 1.807) is 25.4 Å². The first-order valence-corrected chi connectivity index (χ1v) is 14.1. The lowest BCUT2D eigenvalue weighted by Crippen LogP contribution is -2.35. The van der Waals surface area contributed by atoms with Crippen molar-refractivity contribution in [2.24, 2.45) is 0 Å². The largest absolute Gasteiger partial charge is 0.455 e. The lowest BCUT2D eigenvalue weighted by atomic mass is 9.95. The molecule has 0 atom stereocenters. The van der Waals surface area contributed by atoms with Gasteiger partial charge in [0.25, 0.3) is 11.8 Å². The number of furan rings is 1. The molecule has 2 N–H and O–H groups in total. The zero-order valence-electron chi connectivity index (χ0n) is 23.6. The average molecular weight is 571 g/mol. The van der Waals surface area contributed by atoms with E-state index < -0.39 is 5.54 Å². The van der Waals surface area contributed by atoms with Crippen LogP contribution in [0, 0.1) is 12.7 Å². The van der Waals surface area contributed by atoms with Crippen LogP contribution in [0.2, 0.25) is 0 Å². The third-order valence-corrected chi connectivity index (χ3v) is 8.12. The highest BCUT2D eigenvalue weighted by atomic mass is 19.1. The van der Waals surface area contributed by atoms with Gasteiger partial charge in [0.05, 0.1) is 16.8 Å². The average Bonchev–Trinajstić information content (AvgIpc) is 3.72. The number of hydrogen-bond donors (Lipinski definition) is 2. The number of rotatable bonds is 6. The Hall–Kier alpha value is -5.37. The minimum absolute atomic E-state index is 0.185. The van der Waals surface area contributed by atoms with Crippen molar-refractivity contribution in [3.8, 4) is 22.5 Å². The van der Waals surface area contributed by atoms with E-state index in [9.17, 15) is 14.0 Å². The molecular weight excluding hydrogens is 543 g/mol. The smallest absolute Gasteiger partial charge is 0.255 e. The zero-order chi connectivity index (χ0) is 29.7. The fourth-order valence-corrected chi connectivity index (χ4v) is 5.57. The third-order valence-electron chi connectivity index (χ3n) is 8.12. The lowest BCUT2D eigenvalue weighted by Gasteiger charge is -2.18. The number of aromatic nitrogens is 2. The van der Waals surface area contributed by atoms with E-state index in [4.69, 9.17) is 9.40 Å². The number of nitrogens with zero attached hydrogens (tertiary/aromatic N) is 2. The molecule has 7 rings (SSSR count). The second-order valence-corrected chi connectivity index (χ2v) is 10.9. The highest BCUT2D eigenvalue weighted by Crippen LogP contribution is 2.45. The fourth-order valence-electron chi connectivity index (χ4n) is 5.57. The van der Waals surface area contributed by atoms with Gasteiger partial charge in [0, 0.05) is 35.1 Å². The van der Waals surface area contributed by atoms with Crippen LogP contribution >= 0.6 is 0 Å². The van der Waals surface area contributed by atoms with Gasteiger partial charge in [-0.25, -0.2) is 14.4 Å². The molecule has 1 saturated carbocycles. The summed E-state index contributed by atoms with van der Waals surface area (Å²) in [6.07, 6.45) is 3.32. The summed E-state index contributed by atoms with van der Waals surface area (Å²) in [4.78, 5) is 35.7. The minimum atomic E-state index is -0.511. The fraction of sp³-hybridized carbons (Fsp3) is 0.143. The van der Waals surface area contributed by atoms with Gasteiger partial charge in [-0.2, -0.15) is 0 Å². The predicted molar refractivity (Wildman–Crippen MR) is 163 cm³/mol. The highest BCUT2D eigenvalue weighted by molar-refractivity contribution is 6.12. The predicted octanol–water partition coefficient (Wildman–Crippen LogP) is 6.94. The summed E-state index contributed by atoms with van der Waals surface area (Å²) in [7, 11) is 1.56. The SMILES string of the molecule is CNC(=O)c1c(-c2ccc(F)cc2)oc2ccc(-c3cc(C(=O)NC4(c5ccc6cccnc6n5)CC4)ccc3C)cc12. The molecular formula is C35H27FN4O3. The Kier molecular flexibility index (Phi) is 6.27. The Bertz CT molecular complexity index is 2060. The second kappa shape index (κ2) is 10.2. The topological polar surface area (TPSA) is 97.1 Å². The van der Waals surface area contributed by atoms with Crippen molar-refractivity contribution in [3.05, 3.63) is 119 Å². The van der Waals surface area contributed by atoms with Crippen LogP contribution < -0.4 is 10.6 Å². The van der Waals surface area contributed by atoms with Gasteiger partial charge in [-0.3, -0.25) is 9.59 Å². The molecule has 0 aliphatic heterocycles. The minimum Gasteiger partial charge on any atom is -0.455 e. The maximum Gasteiger partial charge on any atom is 0.255 e. The Morgan fingerprint density at radius 2 is 1.70 bits per heavy atom. The monoisotopic (exact) mass is 570 g/mol. The number of carbonyl (C=O) groups is 2. The summed E-state index contributed by atoms with van der Waals surface area (Å²) in [5.74, 6) is -0.507. The molecule has 1 aliphatic carbocycles. The van der Waals surface area contributed by atoms with Crippen LogP contribution in [0.1, 0.15) is 44.8 Å². The summed E-state index contributed by atoms with van der Waals surface area (Å²) < 4.78 is 19.7. The Labute approximate surface area is 246 Å². The molecule has 7 nitrogen and oxygen atoms in total. The molecule has 3 aromatic heterocycles. The molecule has 43 heavy (non-hydrogen) atoms. The molecule has 1 fully saturated rings. The van der Waals surface area contributed by atoms with Gasteiger partial charge in [0.15, 0.2) is 5.65 Å². The van der Waals surface area contributed by atoms with Gasteiger partial charge in [-0.05, 0) is 109 Å². The van der Waals surface area contributed by atoms with E-state index in [0.29, 0.717) is 39.1 Å². The van der Waals surface area contributed by atoms with Crippen molar-refractivity contribution in [1.82, 2.24) is 20.6 Å². The molecule has 2 amide bonds. The first-order valence-electron chi connectivity index (χ1n) is 14.1. The zero-order valence-corrected chi connectivity index (χ0v) is 23.6. The summed E-state index contributed by atoms with van der Waals surface area (Å²) in [5.41, 5.74) is 5.64. The first-order chi connectivity index (χ1) is 20.8. The second-order valence-electron chi connectivity index (χ2n) is 10.9. The molecule has 6 aromatic rings. The van der Waals surface area contributed by atoms with E-state index in [2.05, 4.69) is 15.6 Å². The van der Waals surface area contributed by atoms with E-state index in [1.807, 2.05) is 67.6 Å². The van der Waals surface area contributed by atoms with Crippen LogP contribution in [0.3, 0.4) is 0 Å². The van der Waals surface area contributed by atoms with Crippen molar-refractivity contribution in [2.75, 3.05) is 7.05 Å². The number of nitrogens with one attached hydrogen (secondary N) is 2. The van der Waals surface area contributed by atoms with Crippen molar-refractivity contribution < 1.29 is 18.4 Å². The molecule has 0 unspecified atom stereocenters. The van der Waals surface area contributed by atoms with E-state index in [-0.39, 0.29) is 17.6 Å². The molecule has 0 radical (unpaired) electrons. The van der Waals surface area contributed by atoms with Crippen LogP contribution in [0.5, 0.6) is 0 Å². The molecule has 0 saturated heterocycles. The standard InChI is InChI=1S/C35H27FN4O3/c1-20-5-6-24(33(41)40-35(15-16-35)29-14-10-22-4-3-17-38-32(22)39-29)19-26(20)23-9-13-28-27(18-23)30(34(42)37-2)31(43-28)21-7-11-25(36)12-8-21/h3-14,17-19H,15-16H2,1-2H3,(H,37,42)(H,40,41). The van der Waals surface area contributed by atoms with Crippen molar-refractivity contribution in [1.29, 1.82) is 0 Å². The van der Waals surface area contributed by atoms with E-state index >= 15 is 0 Å². The van der Waals surface area contributed by atoms with Crippen LogP contribution in [0.15, 0.2) is 95.5 Å². The third kappa shape index (κ3) is 4.70. The Balaban J connectivity index is 1.24. The van der Waals surface area contributed by atoms with Crippen LogP contribution in [0.4, 0.5) is 4.39 Å². The van der Waals surface area contributed by atoms with Crippen molar-refractivity contribution in [3.63, 3.8) is 0 Å². The number of carbonyl (C=O) groups excluding carboxylic acids is 2. The number of pyridine rings is 2. The van der Waals surface area contributed by atoms with Crippen LogP contribution in [-0.2, 0) is 5.54 Å². The summed E-state index contributed by atoms with van der Waals surface area (Å²) >= 11 is 0. The van der Waals surface area contributed by atoms with E-state index in [1.165, 1.54) is 12.1 Å². The molecule has 212 valence electrons. The quantitative estimate of drug-likeness (QED) is 0.226. The van der Waals surface area contributed by atoms with Gasteiger partial charge >= 0.3 is 0 Å². The molecule has 3 aromatic carbocycles. The Morgan fingerprint density at radius 1 is 0.907 bits per heavy atom. The Morgan fingerprint density at radius 3 is 2.47 bits per heavy atom. The summed E-state index contributed by atoms with van der Waals surface area (Å²) in [6.45, 7) is 1.98. The van der Waals surface area contributed by atoms with Crippen LogP contribution in [0.25, 0.3) is 44.5 Å². The van der Waals surface area contributed by atoms with Gasteiger partial charge in [-0.1, -0.05) is 12.1 Å². The number of halogens is 1. The molecule has 8 heteroatoms. The van der Waals surface area contributed by atoms with Gasteiger partial charge in [-0.15, -0.1) is 0 Å². The maximum atomic E-state index is 13.6. The number of amides is 2. The first kappa shape index (κ1) is 26.5.